The zero-order valence-corrected chi connectivity index (χ0v) is 20.7. The van der Waals surface area contributed by atoms with E-state index in [1.54, 1.807) is 35.7 Å². The number of nitrogens with one attached hydrogen (secondary N) is 1. The van der Waals surface area contributed by atoms with Crippen LogP contribution in [0.4, 0.5) is 0 Å². The number of rotatable bonds is 6. The molecule has 3 heterocycles. The maximum atomic E-state index is 12.9. The van der Waals surface area contributed by atoms with E-state index in [0.29, 0.717) is 16.3 Å². The van der Waals surface area contributed by atoms with Crippen molar-refractivity contribution < 1.29 is 8.42 Å². The van der Waals surface area contributed by atoms with Gasteiger partial charge in [-0.1, -0.05) is 37.3 Å². The second kappa shape index (κ2) is 9.44. The summed E-state index contributed by atoms with van der Waals surface area (Å²) in [6.07, 6.45) is 2.53. The molecule has 0 spiro atoms. The number of pyridine rings is 1. The van der Waals surface area contributed by atoms with Gasteiger partial charge in [0, 0.05) is 24.0 Å². The smallest absolute Gasteiger partial charge is 0.257 e. The van der Waals surface area contributed by atoms with Crippen LogP contribution >= 0.6 is 11.3 Å². The van der Waals surface area contributed by atoms with Gasteiger partial charge < -0.3 is 4.98 Å². The molecule has 1 aliphatic heterocycles. The Morgan fingerprint density at radius 2 is 1.97 bits per heavy atom. The molecule has 1 atom stereocenters. The van der Waals surface area contributed by atoms with E-state index >= 15 is 0 Å². The highest BCUT2D eigenvalue weighted by molar-refractivity contribution is 7.90. The molecule has 6 nitrogen and oxygen atoms in total. The average Bonchev–Trinajstić information content (AvgIpc) is 3.26. The van der Waals surface area contributed by atoms with Gasteiger partial charge in [-0.25, -0.2) is 13.4 Å². The molecule has 34 heavy (non-hydrogen) atoms. The van der Waals surface area contributed by atoms with Crippen LogP contribution < -0.4 is 5.56 Å². The first-order valence-electron chi connectivity index (χ1n) is 11.5. The maximum absolute atomic E-state index is 12.9. The Balaban J connectivity index is 1.37. The standard InChI is InChI=1S/C26H27N3O3S2/c1-18-6-5-11-29(14-18)15-19-9-10-20-13-22(26(30)28-23(20)12-19)24-16-33-25(27-24)17-34(31,32)21-7-3-2-4-8-21/h2-4,7-10,12-13,16,18H,5-6,11,14-15,17H2,1H3,(H,28,30). The highest BCUT2D eigenvalue weighted by atomic mass is 32.2. The lowest BCUT2D eigenvalue weighted by atomic mass is 9.99. The van der Waals surface area contributed by atoms with Gasteiger partial charge in [-0.05, 0) is 60.5 Å². The van der Waals surface area contributed by atoms with Crippen molar-refractivity contribution in [3.8, 4) is 11.3 Å². The average molecular weight is 494 g/mol. The molecule has 5 rings (SSSR count). The first-order valence-corrected chi connectivity index (χ1v) is 14.0. The van der Waals surface area contributed by atoms with Crippen molar-refractivity contribution in [2.75, 3.05) is 13.1 Å². The molecule has 4 aromatic rings. The molecule has 2 aromatic carbocycles. The van der Waals surface area contributed by atoms with Crippen LogP contribution in [-0.4, -0.2) is 36.4 Å². The molecular weight excluding hydrogens is 466 g/mol. The molecule has 1 saturated heterocycles. The van der Waals surface area contributed by atoms with Gasteiger partial charge in [0.15, 0.2) is 9.84 Å². The molecule has 2 aromatic heterocycles. The first-order chi connectivity index (χ1) is 16.4. The molecule has 1 fully saturated rings. The summed E-state index contributed by atoms with van der Waals surface area (Å²) in [5.41, 5.74) is 2.71. The zero-order valence-electron chi connectivity index (χ0n) is 19.0. The number of H-pyrrole nitrogens is 1. The van der Waals surface area contributed by atoms with E-state index in [1.165, 1.54) is 29.7 Å². The van der Waals surface area contributed by atoms with Crippen molar-refractivity contribution in [3.05, 3.63) is 80.9 Å². The summed E-state index contributed by atoms with van der Waals surface area (Å²) < 4.78 is 25.4. The summed E-state index contributed by atoms with van der Waals surface area (Å²) in [4.78, 5) is 23.1. The molecule has 0 aliphatic carbocycles. The number of nitrogens with zero attached hydrogens (tertiary/aromatic N) is 2. The Kier molecular flexibility index (Phi) is 6.38. The molecule has 0 amide bonds. The van der Waals surface area contributed by atoms with Crippen LogP contribution in [0.2, 0.25) is 0 Å². The molecule has 0 saturated carbocycles. The minimum absolute atomic E-state index is 0.189. The van der Waals surface area contributed by atoms with Crippen LogP contribution in [0, 0.1) is 5.92 Å². The number of thiazole rings is 1. The monoisotopic (exact) mass is 493 g/mol. The lowest BCUT2D eigenvalue weighted by Crippen LogP contribution is -2.33. The Labute approximate surface area is 203 Å². The number of sulfone groups is 1. The third-order valence-electron chi connectivity index (χ3n) is 6.30. The Bertz CT molecular complexity index is 1480. The lowest BCUT2D eigenvalue weighted by molar-refractivity contribution is 0.176. The van der Waals surface area contributed by atoms with E-state index in [9.17, 15) is 13.2 Å². The number of aromatic nitrogens is 2. The topological polar surface area (TPSA) is 83.1 Å². The Morgan fingerprint density at radius 1 is 1.15 bits per heavy atom. The van der Waals surface area contributed by atoms with E-state index in [2.05, 4.69) is 33.9 Å². The first kappa shape index (κ1) is 23.0. The number of likely N-dealkylation sites (tertiary alicyclic amines) is 1. The molecule has 1 unspecified atom stereocenters. The predicted molar refractivity (Wildman–Crippen MR) is 137 cm³/mol. The van der Waals surface area contributed by atoms with Crippen LogP contribution in [0.1, 0.15) is 30.3 Å². The normalized spacial score (nSPS) is 17.3. The zero-order chi connectivity index (χ0) is 23.7. The number of hydrogen-bond acceptors (Lipinski definition) is 6. The second-order valence-corrected chi connectivity index (χ2v) is 12.0. The molecule has 8 heteroatoms. The summed E-state index contributed by atoms with van der Waals surface area (Å²) in [6, 6.07) is 16.4. The lowest BCUT2D eigenvalue weighted by Gasteiger charge is -2.30. The fraction of sp³-hybridized carbons (Fsp3) is 0.308. The summed E-state index contributed by atoms with van der Waals surface area (Å²) >= 11 is 1.25. The molecule has 1 N–H and O–H groups in total. The van der Waals surface area contributed by atoms with Crippen LogP contribution in [0.15, 0.2) is 69.7 Å². The summed E-state index contributed by atoms with van der Waals surface area (Å²) in [5.74, 6) is 0.535. The third kappa shape index (κ3) is 4.99. The number of benzene rings is 2. The molecule has 0 radical (unpaired) electrons. The Morgan fingerprint density at radius 3 is 2.76 bits per heavy atom. The van der Waals surface area contributed by atoms with Gasteiger partial charge in [-0.15, -0.1) is 11.3 Å². The molecule has 1 aliphatic rings. The second-order valence-electron chi connectivity index (χ2n) is 9.11. The van der Waals surface area contributed by atoms with Crippen molar-refractivity contribution in [1.29, 1.82) is 0 Å². The van der Waals surface area contributed by atoms with E-state index in [4.69, 9.17) is 0 Å². The van der Waals surface area contributed by atoms with Crippen LogP contribution in [0.25, 0.3) is 22.2 Å². The number of piperidine rings is 1. The summed E-state index contributed by atoms with van der Waals surface area (Å²) in [5, 5.41) is 3.14. The van der Waals surface area contributed by atoms with Gasteiger partial charge in [0.25, 0.3) is 5.56 Å². The van der Waals surface area contributed by atoms with Crippen molar-refractivity contribution >= 4 is 32.1 Å². The molecule has 176 valence electrons. The van der Waals surface area contributed by atoms with Crippen molar-refractivity contribution in [1.82, 2.24) is 14.9 Å². The van der Waals surface area contributed by atoms with Gasteiger partial charge in [0.05, 0.1) is 16.2 Å². The van der Waals surface area contributed by atoms with Crippen LogP contribution in [0.5, 0.6) is 0 Å². The fourth-order valence-corrected chi connectivity index (χ4v) is 7.04. The SMILES string of the molecule is CC1CCCN(Cc2ccc3cc(-c4csc(CS(=O)(=O)c5ccccc5)n4)c(=O)[nH]c3c2)C1. The Hall–Kier alpha value is -2.81. The minimum atomic E-state index is -3.49. The van der Waals surface area contributed by atoms with Gasteiger partial charge in [0.2, 0.25) is 0 Å². The summed E-state index contributed by atoms with van der Waals surface area (Å²) in [6.45, 7) is 5.41. The van der Waals surface area contributed by atoms with E-state index in [1.807, 2.05) is 12.1 Å². The fourth-order valence-electron chi connectivity index (χ4n) is 4.60. The highest BCUT2D eigenvalue weighted by Gasteiger charge is 2.19. The van der Waals surface area contributed by atoms with Crippen molar-refractivity contribution in [2.45, 2.75) is 37.0 Å². The highest BCUT2D eigenvalue weighted by Crippen LogP contribution is 2.26. The largest absolute Gasteiger partial charge is 0.321 e. The maximum Gasteiger partial charge on any atom is 0.257 e. The number of hydrogen-bond donors (Lipinski definition) is 1. The van der Waals surface area contributed by atoms with Crippen LogP contribution in [0.3, 0.4) is 0 Å². The van der Waals surface area contributed by atoms with Gasteiger partial charge in [-0.3, -0.25) is 9.69 Å². The van der Waals surface area contributed by atoms with Crippen molar-refractivity contribution in [2.24, 2.45) is 5.92 Å². The number of fused-ring (bicyclic) bond motifs is 1. The molecular formula is C26H27N3O3S2. The van der Waals surface area contributed by atoms with Gasteiger partial charge >= 0.3 is 0 Å². The van der Waals surface area contributed by atoms with E-state index in [0.717, 1.165) is 36.5 Å². The summed E-state index contributed by atoms with van der Waals surface area (Å²) in [7, 11) is -3.49. The third-order valence-corrected chi connectivity index (χ3v) is 8.98. The van der Waals surface area contributed by atoms with Gasteiger partial charge in [-0.2, -0.15) is 0 Å². The number of aromatic amines is 1. The minimum Gasteiger partial charge on any atom is -0.321 e. The van der Waals surface area contributed by atoms with Gasteiger partial charge in [0.1, 0.15) is 10.8 Å². The predicted octanol–water partition coefficient (Wildman–Crippen LogP) is 4.86. The quantitative estimate of drug-likeness (QED) is 0.415. The van der Waals surface area contributed by atoms with E-state index < -0.39 is 9.84 Å². The molecule has 0 bridgehead atoms. The van der Waals surface area contributed by atoms with Crippen molar-refractivity contribution in [3.63, 3.8) is 0 Å². The van der Waals surface area contributed by atoms with Crippen LogP contribution in [-0.2, 0) is 22.1 Å². The van der Waals surface area contributed by atoms with E-state index in [-0.39, 0.29) is 16.2 Å².